The van der Waals surface area contributed by atoms with Crippen molar-refractivity contribution in [3.05, 3.63) is 59.9 Å². The van der Waals surface area contributed by atoms with Crippen molar-refractivity contribution in [3.8, 4) is 0 Å². The molecule has 1 aromatic carbocycles. The van der Waals surface area contributed by atoms with Crippen LogP contribution in [0, 0.1) is 0 Å². The molecule has 0 fully saturated rings. The maximum Gasteiger partial charge on any atom is 0.336 e. The molecule has 33 heavy (non-hydrogen) atoms. The Morgan fingerprint density at radius 1 is 1.06 bits per heavy atom. The van der Waals surface area contributed by atoms with E-state index in [1.54, 1.807) is 6.20 Å². The smallest absolute Gasteiger partial charge is 0.336 e. The Balaban J connectivity index is 0.000000366. The van der Waals surface area contributed by atoms with Gasteiger partial charge in [0.2, 0.25) is 0 Å². The molecular formula is C23H29N3O7. The summed E-state index contributed by atoms with van der Waals surface area (Å²) in [5.74, 6) is -4.57. The molecule has 0 aliphatic rings. The summed E-state index contributed by atoms with van der Waals surface area (Å²) in [6, 6.07) is 12.2. The molecule has 10 heteroatoms. The van der Waals surface area contributed by atoms with Gasteiger partial charge < -0.3 is 25.3 Å². The number of aliphatic hydroxyl groups is 1. The van der Waals surface area contributed by atoms with Gasteiger partial charge in [0.05, 0.1) is 18.5 Å². The molecule has 0 saturated carbocycles. The lowest BCUT2D eigenvalue weighted by Gasteiger charge is -2.18. The van der Waals surface area contributed by atoms with Crippen LogP contribution in [0.4, 0.5) is 5.69 Å². The SMILES string of the molecule is CC(CN(C)C)c1ccccc1N=Cc1cccnc1.O=C(O)CC(O)(CC(=O)O)C(=O)O. The second-order valence-electron chi connectivity index (χ2n) is 7.74. The van der Waals surface area contributed by atoms with Gasteiger partial charge in [0.1, 0.15) is 0 Å². The van der Waals surface area contributed by atoms with Gasteiger partial charge in [-0.15, -0.1) is 0 Å². The van der Waals surface area contributed by atoms with Gasteiger partial charge in [0.25, 0.3) is 0 Å². The van der Waals surface area contributed by atoms with Crippen molar-refractivity contribution in [1.82, 2.24) is 9.88 Å². The number of aromatic nitrogens is 1. The van der Waals surface area contributed by atoms with Crippen LogP contribution in [0.5, 0.6) is 0 Å². The summed E-state index contributed by atoms with van der Waals surface area (Å²) in [7, 11) is 4.19. The van der Waals surface area contributed by atoms with Crippen molar-refractivity contribution in [2.24, 2.45) is 4.99 Å². The number of pyridine rings is 1. The van der Waals surface area contributed by atoms with Crippen LogP contribution in [0.3, 0.4) is 0 Å². The highest BCUT2D eigenvalue weighted by Gasteiger charge is 2.40. The molecule has 0 saturated heterocycles. The number of likely N-dealkylation sites (N-methyl/N-ethyl adjacent to an activating group) is 1. The van der Waals surface area contributed by atoms with E-state index in [2.05, 4.69) is 54.1 Å². The molecule has 0 radical (unpaired) electrons. The van der Waals surface area contributed by atoms with Crippen molar-refractivity contribution in [1.29, 1.82) is 0 Å². The molecule has 0 bridgehead atoms. The molecule has 2 rings (SSSR count). The average molecular weight is 459 g/mol. The number of rotatable bonds is 10. The lowest BCUT2D eigenvalue weighted by molar-refractivity contribution is -0.170. The summed E-state index contributed by atoms with van der Waals surface area (Å²) in [5, 5.41) is 33.8. The van der Waals surface area contributed by atoms with Gasteiger partial charge in [-0.1, -0.05) is 31.2 Å². The number of hydrogen-bond acceptors (Lipinski definition) is 7. The number of hydrogen-bond donors (Lipinski definition) is 4. The zero-order valence-electron chi connectivity index (χ0n) is 18.8. The maximum atomic E-state index is 10.3. The quantitative estimate of drug-likeness (QED) is 0.391. The topological polar surface area (TPSA) is 161 Å². The minimum absolute atomic E-state index is 0.451. The van der Waals surface area contributed by atoms with Crippen LogP contribution in [0.15, 0.2) is 53.8 Å². The molecular weight excluding hydrogens is 430 g/mol. The van der Waals surface area contributed by atoms with Crippen LogP contribution in [0.2, 0.25) is 0 Å². The van der Waals surface area contributed by atoms with Crippen LogP contribution < -0.4 is 0 Å². The van der Waals surface area contributed by atoms with E-state index < -0.39 is 36.4 Å². The highest BCUT2D eigenvalue weighted by Crippen LogP contribution is 2.27. The predicted molar refractivity (Wildman–Crippen MR) is 122 cm³/mol. The van der Waals surface area contributed by atoms with Crippen LogP contribution in [-0.2, 0) is 14.4 Å². The maximum absolute atomic E-state index is 10.3. The number of para-hydroxylation sites is 1. The number of aliphatic imine (C=N–C) groups is 1. The van der Waals surface area contributed by atoms with E-state index in [-0.39, 0.29) is 0 Å². The Morgan fingerprint density at radius 2 is 1.67 bits per heavy atom. The number of carbonyl (C=O) groups is 3. The molecule has 10 nitrogen and oxygen atoms in total. The third-order valence-electron chi connectivity index (χ3n) is 4.43. The normalized spacial score (nSPS) is 12.2. The first-order valence-electron chi connectivity index (χ1n) is 10.0. The highest BCUT2D eigenvalue weighted by molar-refractivity contribution is 5.88. The third kappa shape index (κ3) is 10.0. The minimum Gasteiger partial charge on any atom is -0.481 e. The van der Waals surface area contributed by atoms with Gasteiger partial charge in [-0.25, -0.2) is 4.79 Å². The van der Waals surface area contributed by atoms with Crippen LogP contribution in [0.1, 0.15) is 36.8 Å². The molecule has 178 valence electrons. The number of aliphatic carboxylic acids is 3. The van der Waals surface area contributed by atoms with Crippen molar-refractivity contribution in [2.75, 3.05) is 20.6 Å². The lowest BCUT2D eigenvalue weighted by atomic mass is 9.96. The second-order valence-corrected chi connectivity index (χ2v) is 7.74. The van der Waals surface area contributed by atoms with E-state index >= 15 is 0 Å². The molecule has 0 aliphatic heterocycles. The first-order valence-corrected chi connectivity index (χ1v) is 10.0. The molecule has 0 aliphatic carbocycles. The fourth-order valence-electron chi connectivity index (χ4n) is 2.98. The van der Waals surface area contributed by atoms with Gasteiger partial charge >= 0.3 is 17.9 Å². The molecule has 1 heterocycles. The fraction of sp³-hybridized carbons (Fsp3) is 0.348. The van der Waals surface area contributed by atoms with Crippen molar-refractivity contribution in [3.63, 3.8) is 0 Å². The number of carboxylic acid groups (broad SMARTS) is 3. The molecule has 2 aromatic rings. The highest BCUT2D eigenvalue weighted by atomic mass is 16.4. The van der Waals surface area contributed by atoms with E-state index in [1.807, 2.05) is 30.6 Å². The zero-order chi connectivity index (χ0) is 25.0. The van der Waals surface area contributed by atoms with Gasteiger partial charge in [-0.3, -0.25) is 19.6 Å². The average Bonchev–Trinajstić information content (AvgIpc) is 2.72. The Morgan fingerprint density at radius 3 is 2.15 bits per heavy atom. The van der Waals surface area contributed by atoms with Gasteiger partial charge in [0.15, 0.2) is 5.60 Å². The minimum atomic E-state index is -2.74. The first kappa shape index (κ1) is 27.4. The van der Waals surface area contributed by atoms with E-state index in [1.165, 1.54) is 5.56 Å². The van der Waals surface area contributed by atoms with Crippen molar-refractivity contribution < 1.29 is 34.8 Å². The molecule has 1 unspecified atom stereocenters. The fourth-order valence-corrected chi connectivity index (χ4v) is 2.98. The number of carboxylic acids is 3. The molecule has 0 amide bonds. The predicted octanol–water partition coefficient (Wildman–Crippen LogP) is 2.25. The standard InChI is InChI=1S/C17H21N3.C6H8O7/c1-14(13-20(2)3)16-8-4-5-9-17(16)19-12-15-7-6-10-18-11-15;7-3(8)1-6(13,5(11)12)2-4(9)10/h4-12,14H,13H2,1-3H3;13H,1-2H2,(H,7,8)(H,9,10)(H,11,12). The molecule has 4 N–H and O–H groups in total. The Bertz CT molecular complexity index is 946. The van der Waals surface area contributed by atoms with Gasteiger partial charge in [0, 0.05) is 30.7 Å². The Kier molecular flexibility index (Phi) is 10.8. The van der Waals surface area contributed by atoms with E-state index in [4.69, 9.17) is 20.4 Å². The monoisotopic (exact) mass is 459 g/mol. The molecule has 0 spiro atoms. The summed E-state index contributed by atoms with van der Waals surface area (Å²) in [4.78, 5) is 41.4. The van der Waals surface area contributed by atoms with Crippen LogP contribution >= 0.6 is 0 Å². The van der Waals surface area contributed by atoms with Gasteiger partial charge in [-0.05, 0) is 37.7 Å². The lowest BCUT2D eigenvalue weighted by Crippen LogP contribution is -2.42. The van der Waals surface area contributed by atoms with Crippen LogP contribution in [0.25, 0.3) is 0 Å². The molecule has 1 aromatic heterocycles. The van der Waals surface area contributed by atoms with Gasteiger partial charge in [-0.2, -0.15) is 0 Å². The largest absolute Gasteiger partial charge is 0.481 e. The summed E-state index contributed by atoms with van der Waals surface area (Å²) in [6.07, 6.45) is 3.16. The Labute approximate surface area is 191 Å². The number of nitrogens with zero attached hydrogens (tertiary/aromatic N) is 3. The molecule has 1 atom stereocenters. The van der Waals surface area contributed by atoms with Crippen LogP contribution in [-0.4, -0.2) is 80.7 Å². The zero-order valence-corrected chi connectivity index (χ0v) is 18.8. The van der Waals surface area contributed by atoms with Crippen molar-refractivity contribution in [2.45, 2.75) is 31.3 Å². The second kappa shape index (κ2) is 13.0. The van der Waals surface area contributed by atoms with E-state index in [9.17, 15) is 14.4 Å². The van der Waals surface area contributed by atoms with E-state index in [0.29, 0.717) is 5.92 Å². The summed E-state index contributed by atoms with van der Waals surface area (Å²) < 4.78 is 0. The summed E-state index contributed by atoms with van der Waals surface area (Å²) in [6.45, 7) is 3.25. The van der Waals surface area contributed by atoms with Crippen molar-refractivity contribution >= 4 is 29.8 Å². The Hall–Kier alpha value is -3.63. The summed E-state index contributed by atoms with van der Waals surface area (Å²) in [5.41, 5.74) is 0.590. The summed E-state index contributed by atoms with van der Waals surface area (Å²) >= 11 is 0. The number of benzene rings is 1. The van der Waals surface area contributed by atoms with E-state index in [0.717, 1.165) is 17.8 Å². The third-order valence-corrected chi connectivity index (χ3v) is 4.43. The first-order chi connectivity index (χ1) is 15.4.